The van der Waals surface area contributed by atoms with Crippen LogP contribution in [0.4, 0.5) is 0 Å². The van der Waals surface area contributed by atoms with Gasteiger partial charge in [-0.05, 0) is 27.7 Å². The molecule has 0 aliphatic carbocycles. The first-order valence-corrected chi connectivity index (χ1v) is 7.96. The molecule has 1 amide bonds. The maximum atomic E-state index is 12.7. The monoisotopic (exact) mass is 317 g/mol. The van der Waals surface area contributed by atoms with Crippen molar-refractivity contribution in [1.29, 1.82) is 0 Å². The third kappa shape index (κ3) is 3.17. The van der Waals surface area contributed by atoms with Crippen LogP contribution in [0.15, 0.2) is 15.0 Å². The van der Waals surface area contributed by atoms with Crippen LogP contribution in [0.1, 0.15) is 38.9 Å². The lowest BCUT2D eigenvalue weighted by Gasteiger charge is -2.34. The molecule has 0 aromatic carbocycles. The van der Waals surface area contributed by atoms with Crippen LogP contribution >= 0.6 is 0 Å². The lowest BCUT2D eigenvalue weighted by molar-refractivity contribution is 0.0623. The van der Waals surface area contributed by atoms with Gasteiger partial charge in [0.05, 0.1) is 11.3 Å². The summed E-state index contributed by atoms with van der Waals surface area (Å²) < 4.78 is 10.7. The van der Waals surface area contributed by atoms with Crippen LogP contribution in [0.2, 0.25) is 0 Å². The van der Waals surface area contributed by atoms with Gasteiger partial charge in [0.15, 0.2) is 0 Å². The fraction of sp³-hybridized carbons (Fsp3) is 0.529. The van der Waals surface area contributed by atoms with Gasteiger partial charge in [-0.25, -0.2) is 0 Å². The number of carbonyl (C=O) groups excluding carboxylic acids is 1. The van der Waals surface area contributed by atoms with Crippen molar-refractivity contribution in [1.82, 2.24) is 15.0 Å². The molecule has 1 saturated heterocycles. The quantitative estimate of drug-likeness (QED) is 0.870. The minimum atomic E-state index is 0.0776. The number of nitrogens with zero attached hydrogens (tertiary/aromatic N) is 3. The van der Waals surface area contributed by atoms with Crippen LogP contribution in [0.3, 0.4) is 0 Å². The SMILES string of the molecule is Cc1cc(CN2CCN(C(=O)c3c(C)oc(C)c3C)CC2)no1. The summed E-state index contributed by atoms with van der Waals surface area (Å²) >= 11 is 0. The average Bonchev–Trinajstić information content (AvgIpc) is 3.03. The van der Waals surface area contributed by atoms with E-state index in [9.17, 15) is 4.79 Å². The molecular formula is C17H23N3O3. The van der Waals surface area contributed by atoms with E-state index in [1.807, 2.05) is 38.7 Å². The molecule has 1 aliphatic rings. The molecule has 0 unspecified atom stereocenters. The Morgan fingerprint density at radius 2 is 1.83 bits per heavy atom. The van der Waals surface area contributed by atoms with Crippen LogP contribution in [0.5, 0.6) is 0 Å². The van der Waals surface area contributed by atoms with Crippen molar-refractivity contribution in [2.75, 3.05) is 26.2 Å². The standard InChI is InChI=1S/C17H23N3O3/c1-11-9-15(18-23-11)10-19-5-7-20(8-6-19)17(21)16-12(2)13(3)22-14(16)4/h9H,5-8,10H2,1-4H3. The summed E-state index contributed by atoms with van der Waals surface area (Å²) in [6.07, 6.45) is 0. The van der Waals surface area contributed by atoms with E-state index >= 15 is 0 Å². The number of aryl methyl sites for hydroxylation is 3. The van der Waals surface area contributed by atoms with Crippen molar-refractivity contribution in [2.24, 2.45) is 0 Å². The lowest BCUT2D eigenvalue weighted by Crippen LogP contribution is -2.48. The first kappa shape index (κ1) is 15.8. The van der Waals surface area contributed by atoms with Gasteiger partial charge in [-0.3, -0.25) is 9.69 Å². The number of amides is 1. The topological polar surface area (TPSA) is 62.7 Å². The van der Waals surface area contributed by atoms with Crippen LogP contribution in [-0.4, -0.2) is 47.0 Å². The van der Waals surface area contributed by atoms with Gasteiger partial charge >= 0.3 is 0 Å². The molecule has 2 aromatic heterocycles. The van der Waals surface area contributed by atoms with Gasteiger partial charge < -0.3 is 13.8 Å². The molecule has 6 heteroatoms. The van der Waals surface area contributed by atoms with Crippen molar-refractivity contribution >= 4 is 5.91 Å². The summed E-state index contributed by atoms with van der Waals surface area (Å²) in [6.45, 7) is 11.5. The molecule has 124 valence electrons. The van der Waals surface area contributed by atoms with Crippen LogP contribution in [-0.2, 0) is 6.54 Å². The van der Waals surface area contributed by atoms with Gasteiger partial charge in [-0.2, -0.15) is 0 Å². The zero-order valence-corrected chi connectivity index (χ0v) is 14.2. The van der Waals surface area contributed by atoms with Gasteiger partial charge in [0, 0.05) is 44.4 Å². The second-order valence-corrected chi connectivity index (χ2v) is 6.21. The maximum Gasteiger partial charge on any atom is 0.257 e. The summed E-state index contributed by atoms with van der Waals surface area (Å²) in [4.78, 5) is 16.9. The number of piperazine rings is 1. The molecule has 0 radical (unpaired) electrons. The Labute approximate surface area is 136 Å². The number of hydrogen-bond donors (Lipinski definition) is 0. The van der Waals surface area contributed by atoms with Crippen molar-refractivity contribution in [3.8, 4) is 0 Å². The number of rotatable bonds is 3. The van der Waals surface area contributed by atoms with Crippen LogP contribution < -0.4 is 0 Å². The molecule has 3 heterocycles. The normalized spacial score (nSPS) is 16.1. The third-order valence-corrected chi connectivity index (χ3v) is 4.50. The van der Waals surface area contributed by atoms with Crippen molar-refractivity contribution in [3.05, 3.63) is 40.2 Å². The molecule has 1 fully saturated rings. The van der Waals surface area contributed by atoms with E-state index in [1.54, 1.807) is 0 Å². The Morgan fingerprint density at radius 3 is 2.35 bits per heavy atom. The average molecular weight is 317 g/mol. The molecule has 6 nitrogen and oxygen atoms in total. The minimum absolute atomic E-state index is 0.0776. The number of furan rings is 1. The second-order valence-electron chi connectivity index (χ2n) is 6.21. The van der Waals surface area contributed by atoms with E-state index in [0.29, 0.717) is 5.76 Å². The Kier molecular flexibility index (Phi) is 4.26. The minimum Gasteiger partial charge on any atom is -0.466 e. The number of hydrogen-bond acceptors (Lipinski definition) is 5. The summed E-state index contributed by atoms with van der Waals surface area (Å²) in [6, 6.07) is 1.96. The molecule has 0 bridgehead atoms. The molecule has 0 atom stereocenters. The Hall–Kier alpha value is -2.08. The number of aromatic nitrogens is 1. The summed E-state index contributed by atoms with van der Waals surface area (Å²) in [5.74, 6) is 2.44. The summed E-state index contributed by atoms with van der Waals surface area (Å²) in [7, 11) is 0. The predicted octanol–water partition coefficient (Wildman–Crippen LogP) is 2.46. The molecule has 0 N–H and O–H groups in total. The fourth-order valence-electron chi connectivity index (χ4n) is 3.10. The molecule has 2 aromatic rings. The van der Waals surface area contributed by atoms with E-state index in [0.717, 1.165) is 61.1 Å². The van der Waals surface area contributed by atoms with Gasteiger partial charge in [0.25, 0.3) is 5.91 Å². The lowest BCUT2D eigenvalue weighted by atomic mass is 10.1. The Morgan fingerprint density at radius 1 is 1.13 bits per heavy atom. The molecule has 23 heavy (non-hydrogen) atoms. The van der Waals surface area contributed by atoms with E-state index in [2.05, 4.69) is 10.1 Å². The van der Waals surface area contributed by atoms with Crippen molar-refractivity contribution in [2.45, 2.75) is 34.2 Å². The molecule has 1 aliphatic heterocycles. The van der Waals surface area contributed by atoms with Crippen molar-refractivity contribution < 1.29 is 13.7 Å². The highest BCUT2D eigenvalue weighted by Crippen LogP contribution is 2.23. The first-order chi connectivity index (χ1) is 11.0. The van der Waals surface area contributed by atoms with E-state index in [4.69, 9.17) is 8.94 Å². The predicted molar refractivity (Wildman–Crippen MR) is 85.3 cm³/mol. The highest BCUT2D eigenvalue weighted by Gasteiger charge is 2.27. The zero-order chi connectivity index (χ0) is 16.6. The fourth-order valence-corrected chi connectivity index (χ4v) is 3.10. The Bertz CT molecular complexity index is 709. The molecular weight excluding hydrogens is 294 g/mol. The zero-order valence-electron chi connectivity index (χ0n) is 14.2. The maximum absolute atomic E-state index is 12.7. The summed E-state index contributed by atoms with van der Waals surface area (Å²) in [5, 5.41) is 4.03. The van der Waals surface area contributed by atoms with E-state index in [1.165, 1.54) is 0 Å². The van der Waals surface area contributed by atoms with Crippen LogP contribution in [0, 0.1) is 27.7 Å². The van der Waals surface area contributed by atoms with E-state index in [-0.39, 0.29) is 5.91 Å². The molecule has 0 saturated carbocycles. The molecule has 0 spiro atoms. The highest BCUT2D eigenvalue weighted by molar-refractivity contribution is 5.97. The first-order valence-electron chi connectivity index (χ1n) is 7.96. The third-order valence-electron chi connectivity index (χ3n) is 4.50. The largest absolute Gasteiger partial charge is 0.466 e. The van der Waals surface area contributed by atoms with Gasteiger partial charge in [0.1, 0.15) is 17.3 Å². The van der Waals surface area contributed by atoms with Crippen molar-refractivity contribution in [3.63, 3.8) is 0 Å². The molecule has 3 rings (SSSR count). The Balaban J connectivity index is 1.61. The highest BCUT2D eigenvalue weighted by atomic mass is 16.5. The smallest absolute Gasteiger partial charge is 0.257 e. The van der Waals surface area contributed by atoms with Gasteiger partial charge in [-0.15, -0.1) is 0 Å². The van der Waals surface area contributed by atoms with E-state index < -0.39 is 0 Å². The number of carbonyl (C=O) groups is 1. The summed E-state index contributed by atoms with van der Waals surface area (Å²) in [5.41, 5.74) is 2.62. The van der Waals surface area contributed by atoms with Gasteiger partial charge in [0.2, 0.25) is 0 Å². The second kappa shape index (κ2) is 6.20. The van der Waals surface area contributed by atoms with Gasteiger partial charge in [-0.1, -0.05) is 5.16 Å². The van der Waals surface area contributed by atoms with Crippen LogP contribution in [0.25, 0.3) is 0 Å².